The summed E-state index contributed by atoms with van der Waals surface area (Å²) in [6.07, 6.45) is 0. The van der Waals surface area contributed by atoms with Gasteiger partial charge in [-0.15, -0.1) is 0 Å². The van der Waals surface area contributed by atoms with Crippen LogP contribution in [-0.2, 0) is 4.79 Å². The summed E-state index contributed by atoms with van der Waals surface area (Å²) >= 11 is 0. The molecule has 12 heavy (non-hydrogen) atoms. The number of amides is 1. The predicted octanol–water partition coefficient (Wildman–Crippen LogP) is -0.498. The van der Waals surface area contributed by atoms with Gasteiger partial charge in [-0.05, 0) is 6.92 Å². The zero-order valence-electron chi connectivity index (χ0n) is 7.79. The van der Waals surface area contributed by atoms with E-state index in [9.17, 15) is 4.79 Å². The van der Waals surface area contributed by atoms with Gasteiger partial charge in [-0.2, -0.15) is 0 Å². The summed E-state index contributed by atoms with van der Waals surface area (Å²) in [5, 5.41) is 20.2. The van der Waals surface area contributed by atoms with Gasteiger partial charge in [-0.25, -0.2) is 0 Å². The zero-order valence-corrected chi connectivity index (χ0v) is 7.79. The van der Waals surface area contributed by atoms with Crippen LogP contribution in [0.1, 0.15) is 20.8 Å². The molecule has 3 N–H and O–H groups in total. The molecule has 0 aliphatic rings. The average Bonchev–Trinajstić information content (AvgIpc) is 2.04. The smallest absolute Gasteiger partial charge is 0.223 e. The van der Waals surface area contributed by atoms with Crippen LogP contribution >= 0.6 is 0 Å². The zero-order chi connectivity index (χ0) is 9.78. The van der Waals surface area contributed by atoms with Gasteiger partial charge in [0, 0.05) is 5.92 Å². The van der Waals surface area contributed by atoms with E-state index in [0.717, 1.165) is 0 Å². The average molecular weight is 175 g/mol. The number of nitrogens with one attached hydrogen (secondary N) is 1. The molecule has 72 valence electrons. The molecule has 0 aliphatic carbocycles. The van der Waals surface area contributed by atoms with Crippen molar-refractivity contribution in [3.63, 3.8) is 0 Å². The number of aliphatic hydroxyl groups is 2. The molecule has 4 heteroatoms. The lowest BCUT2D eigenvalue weighted by Crippen LogP contribution is -2.52. The molecule has 0 fully saturated rings. The Kier molecular flexibility index (Phi) is 4.20. The maximum atomic E-state index is 11.1. The van der Waals surface area contributed by atoms with Gasteiger partial charge < -0.3 is 15.5 Å². The van der Waals surface area contributed by atoms with Gasteiger partial charge in [-0.3, -0.25) is 4.79 Å². The summed E-state index contributed by atoms with van der Waals surface area (Å²) in [4.78, 5) is 11.1. The molecule has 0 spiro atoms. The van der Waals surface area contributed by atoms with E-state index in [2.05, 4.69) is 5.32 Å². The summed E-state index contributed by atoms with van der Waals surface area (Å²) < 4.78 is 0. The molecule has 0 rings (SSSR count). The fourth-order valence-electron chi connectivity index (χ4n) is 0.571. The standard InChI is InChI=1S/C8H17NO3/c1-6(2)7(12)9-8(3,4-10)5-11/h6,10-11H,4-5H2,1-3H3,(H,9,12). The number of aliphatic hydroxyl groups excluding tert-OH is 2. The molecule has 0 aromatic rings. The molecule has 0 atom stereocenters. The van der Waals surface area contributed by atoms with Crippen LogP contribution in [0, 0.1) is 5.92 Å². The number of carbonyl (C=O) groups excluding carboxylic acids is 1. The van der Waals surface area contributed by atoms with Crippen molar-refractivity contribution < 1.29 is 15.0 Å². The van der Waals surface area contributed by atoms with Crippen molar-refractivity contribution in [2.24, 2.45) is 5.92 Å². The number of hydrogen-bond acceptors (Lipinski definition) is 3. The van der Waals surface area contributed by atoms with Crippen molar-refractivity contribution in [3.05, 3.63) is 0 Å². The van der Waals surface area contributed by atoms with Crippen LogP contribution in [0.5, 0.6) is 0 Å². The first-order valence-electron chi connectivity index (χ1n) is 3.99. The summed E-state index contributed by atoms with van der Waals surface area (Å²) in [6, 6.07) is 0. The Balaban J connectivity index is 4.12. The fraction of sp³-hybridized carbons (Fsp3) is 0.875. The van der Waals surface area contributed by atoms with Crippen molar-refractivity contribution in [2.75, 3.05) is 13.2 Å². The van der Waals surface area contributed by atoms with Gasteiger partial charge in [0.15, 0.2) is 0 Å². The van der Waals surface area contributed by atoms with E-state index in [1.165, 1.54) is 0 Å². The molecular formula is C8H17NO3. The molecule has 0 aromatic carbocycles. The molecule has 0 saturated carbocycles. The fourth-order valence-corrected chi connectivity index (χ4v) is 0.571. The summed E-state index contributed by atoms with van der Waals surface area (Å²) in [7, 11) is 0. The molecule has 0 bridgehead atoms. The third-order valence-corrected chi connectivity index (χ3v) is 1.65. The third kappa shape index (κ3) is 3.19. The van der Waals surface area contributed by atoms with E-state index >= 15 is 0 Å². The van der Waals surface area contributed by atoms with Crippen molar-refractivity contribution in [3.8, 4) is 0 Å². The molecule has 0 saturated heterocycles. The van der Waals surface area contributed by atoms with E-state index in [4.69, 9.17) is 10.2 Å². The molecule has 0 unspecified atom stereocenters. The molecular weight excluding hydrogens is 158 g/mol. The van der Waals surface area contributed by atoms with Crippen LogP contribution in [0.4, 0.5) is 0 Å². The predicted molar refractivity (Wildman–Crippen MR) is 45.6 cm³/mol. The largest absolute Gasteiger partial charge is 0.394 e. The minimum absolute atomic E-state index is 0.137. The van der Waals surface area contributed by atoms with Gasteiger partial charge in [-0.1, -0.05) is 13.8 Å². The Morgan fingerprint density at radius 3 is 2.08 bits per heavy atom. The minimum Gasteiger partial charge on any atom is -0.394 e. The van der Waals surface area contributed by atoms with E-state index in [0.29, 0.717) is 0 Å². The number of rotatable bonds is 4. The van der Waals surface area contributed by atoms with Crippen molar-refractivity contribution in [1.82, 2.24) is 5.32 Å². The van der Waals surface area contributed by atoms with Crippen molar-refractivity contribution in [2.45, 2.75) is 26.3 Å². The van der Waals surface area contributed by atoms with E-state index in [1.807, 2.05) is 0 Å². The van der Waals surface area contributed by atoms with Crippen molar-refractivity contribution in [1.29, 1.82) is 0 Å². The highest BCUT2D eigenvalue weighted by atomic mass is 16.3. The van der Waals surface area contributed by atoms with Gasteiger partial charge >= 0.3 is 0 Å². The first-order chi connectivity index (χ1) is 5.45. The lowest BCUT2D eigenvalue weighted by Gasteiger charge is -2.27. The van der Waals surface area contributed by atoms with Crippen LogP contribution in [0.15, 0.2) is 0 Å². The Morgan fingerprint density at radius 1 is 1.42 bits per heavy atom. The van der Waals surface area contributed by atoms with Crippen LogP contribution in [0.25, 0.3) is 0 Å². The second-order valence-corrected chi connectivity index (χ2v) is 3.52. The van der Waals surface area contributed by atoms with Crippen LogP contribution in [0.2, 0.25) is 0 Å². The molecule has 0 aromatic heterocycles. The summed E-state index contributed by atoms with van der Waals surface area (Å²) in [5.74, 6) is -0.303. The monoisotopic (exact) mass is 175 g/mol. The van der Waals surface area contributed by atoms with Gasteiger partial charge in [0.2, 0.25) is 5.91 Å². The van der Waals surface area contributed by atoms with Gasteiger partial charge in [0.05, 0.1) is 18.8 Å². The second kappa shape index (κ2) is 4.42. The molecule has 4 nitrogen and oxygen atoms in total. The van der Waals surface area contributed by atoms with E-state index in [1.54, 1.807) is 20.8 Å². The quantitative estimate of drug-likeness (QED) is 0.539. The number of carbonyl (C=O) groups is 1. The topological polar surface area (TPSA) is 69.6 Å². The first-order valence-corrected chi connectivity index (χ1v) is 3.99. The maximum absolute atomic E-state index is 11.1. The molecule has 0 aliphatic heterocycles. The van der Waals surface area contributed by atoms with Crippen LogP contribution < -0.4 is 5.32 Å². The first kappa shape index (κ1) is 11.4. The Bertz CT molecular complexity index is 152. The summed E-state index contributed by atoms with van der Waals surface area (Å²) in [6.45, 7) is 4.58. The second-order valence-electron chi connectivity index (χ2n) is 3.52. The number of hydrogen-bond donors (Lipinski definition) is 3. The molecule has 1 amide bonds. The lowest BCUT2D eigenvalue weighted by atomic mass is 10.0. The molecule has 0 heterocycles. The highest BCUT2D eigenvalue weighted by molar-refractivity contribution is 5.78. The summed E-state index contributed by atoms with van der Waals surface area (Å²) in [5.41, 5.74) is -0.901. The highest BCUT2D eigenvalue weighted by Gasteiger charge is 2.25. The van der Waals surface area contributed by atoms with Gasteiger partial charge in [0.1, 0.15) is 0 Å². The van der Waals surface area contributed by atoms with E-state index < -0.39 is 5.54 Å². The normalized spacial score (nSPS) is 11.8. The SMILES string of the molecule is CC(C)C(=O)NC(C)(CO)CO. The van der Waals surface area contributed by atoms with Crippen LogP contribution in [-0.4, -0.2) is 34.9 Å². The molecule has 0 radical (unpaired) electrons. The third-order valence-electron chi connectivity index (χ3n) is 1.65. The Morgan fingerprint density at radius 2 is 1.83 bits per heavy atom. The van der Waals surface area contributed by atoms with Crippen LogP contribution in [0.3, 0.4) is 0 Å². The van der Waals surface area contributed by atoms with Gasteiger partial charge in [0.25, 0.3) is 0 Å². The highest BCUT2D eigenvalue weighted by Crippen LogP contribution is 2.03. The Labute approximate surface area is 72.6 Å². The Hall–Kier alpha value is -0.610. The maximum Gasteiger partial charge on any atom is 0.223 e. The minimum atomic E-state index is -0.901. The lowest BCUT2D eigenvalue weighted by molar-refractivity contribution is -0.127. The van der Waals surface area contributed by atoms with E-state index in [-0.39, 0.29) is 25.0 Å². The van der Waals surface area contributed by atoms with Crippen molar-refractivity contribution >= 4 is 5.91 Å².